The van der Waals surface area contributed by atoms with E-state index in [0.29, 0.717) is 27.2 Å². The molecule has 0 heterocycles. The van der Waals surface area contributed by atoms with Gasteiger partial charge in [-0.25, -0.2) is 0 Å². The summed E-state index contributed by atoms with van der Waals surface area (Å²) in [6.45, 7) is 14.4. The minimum absolute atomic E-state index is 0. The van der Waals surface area contributed by atoms with Crippen LogP contribution in [0.2, 0.25) is 0 Å². The lowest BCUT2D eigenvalue weighted by Crippen LogP contribution is -2.70. The smallest absolute Gasteiger partial charge is 0.430 e. The van der Waals surface area contributed by atoms with Crippen LogP contribution in [0, 0.1) is 16.7 Å². The van der Waals surface area contributed by atoms with Crippen molar-refractivity contribution in [1.29, 1.82) is 0 Å². The number of esters is 2. The molecule has 0 aromatic heterocycles. The highest BCUT2D eigenvalue weighted by atomic mass is 19.4. The SMILES string of the molecule is C.C.CCC(C)(C)C(=O)OC(C)(C)C(O)(C(F)(F)F)C(F)(F)F.CCC(C)(C)C(=O)OC(CC(C)C)CC(C)(O)C(F)(F)F. The van der Waals surface area contributed by atoms with Gasteiger partial charge in [0, 0.05) is 6.42 Å². The highest BCUT2D eigenvalue weighted by molar-refractivity contribution is 5.76. The Kier molecular flexibility index (Phi) is 18.1. The van der Waals surface area contributed by atoms with Crippen molar-refractivity contribution in [2.45, 2.75) is 158 Å². The summed E-state index contributed by atoms with van der Waals surface area (Å²) in [6, 6.07) is 0. The van der Waals surface area contributed by atoms with E-state index in [1.165, 1.54) is 20.8 Å². The third kappa shape index (κ3) is 12.6. The van der Waals surface area contributed by atoms with E-state index >= 15 is 0 Å². The van der Waals surface area contributed by atoms with E-state index in [2.05, 4.69) is 4.74 Å². The average Bonchev–Trinajstić information content (AvgIpc) is 2.75. The van der Waals surface area contributed by atoms with Crippen LogP contribution >= 0.6 is 0 Å². The molecule has 0 fully saturated rings. The van der Waals surface area contributed by atoms with E-state index in [9.17, 15) is 59.3 Å². The molecule has 0 aromatic carbocycles. The highest BCUT2D eigenvalue weighted by Crippen LogP contribution is 2.51. The Labute approximate surface area is 256 Å². The van der Waals surface area contributed by atoms with Gasteiger partial charge >= 0.3 is 30.5 Å². The van der Waals surface area contributed by atoms with Gasteiger partial charge in [0.05, 0.1) is 10.8 Å². The molecule has 2 atom stereocenters. The van der Waals surface area contributed by atoms with Crippen molar-refractivity contribution >= 4 is 11.9 Å². The van der Waals surface area contributed by atoms with Crippen LogP contribution < -0.4 is 0 Å². The molecule has 0 aliphatic carbocycles. The Morgan fingerprint density at radius 1 is 0.659 bits per heavy atom. The Balaban J connectivity index is -0.000000348. The first-order valence-corrected chi connectivity index (χ1v) is 13.3. The molecule has 0 saturated carbocycles. The van der Waals surface area contributed by atoms with Crippen molar-refractivity contribution in [1.82, 2.24) is 0 Å². The average molecular weight is 669 g/mol. The van der Waals surface area contributed by atoms with Gasteiger partial charge in [0.25, 0.3) is 5.60 Å². The minimum atomic E-state index is -6.06. The number of carbonyl (C=O) groups is 2. The number of hydrogen-bond acceptors (Lipinski definition) is 6. The van der Waals surface area contributed by atoms with Crippen molar-refractivity contribution in [2.24, 2.45) is 16.7 Å². The maximum absolute atomic E-state index is 12.8. The summed E-state index contributed by atoms with van der Waals surface area (Å²) >= 11 is 0. The van der Waals surface area contributed by atoms with Gasteiger partial charge in [0.2, 0.25) is 0 Å². The van der Waals surface area contributed by atoms with E-state index in [4.69, 9.17) is 4.74 Å². The van der Waals surface area contributed by atoms with Crippen molar-refractivity contribution in [3.8, 4) is 0 Å². The van der Waals surface area contributed by atoms with Crippen LogP contribution in [0.25, 0.3) is 0 Å². The fraction of sp³-hybridized carbons (Fsp3) is 0.931. The maximum Gasteiger partial charge on any atom is 0.430 e. The van der Waals surface area contributed by atoms with Gasteiger partial charge in [-0.3, -0.25) is 9.59 Å². The quantitative estimate of drug-likeness (QED) is 0.169. The summed E-state index contributed by atoms with van der Waals surface area (Å²) in [6.07, 6.45) is -17.6. The predicted molar refractivity (Wildman–Crippen MR) is 149 cm³/mol. The van der Waals surface area contributed by atoms with Crippen molar-refractivity contribution in [2.75, 3.05) is 0 Å². The monoisotopic (exact) mass is 668 g/mol. The molecule has 0 spiro atoms. The van der Waals surface area contributed by atoms with E-state index in [-0.39, 0.29) is 33.6 Å². The summed E-state index contributed by atoms with van der Waals surface area (Å²) in [5.41, 5.74) is -13.3. The molecule has 0 amide bonds. The number of hydrogen-bond donors (Lipinski definition) is 2. The summed E-state index contributed by atoms with van der Waals surface area (Å²) in [4.78, 5) is 23.8. The lowest BCUT2D eigenvalue weighted by molar-refractivity contribution is -0.408. The summed E-state index contributed by atoms with van der Waals surface area (Å²) in [5.74, 6) is -1.74. The largest absolute Gasteiger partial charge is 0.462 e. The van der Waals surface area contributed by atoms with Gasteiger partial charge in [-0.15, -0.1) is 0 Å². The van der Waals surface area contributed by atoms with Crippen molar-refractivity contribution in [3.63, 3.8) is 0 Å². The van der Waals surface area contributed by atoms with Crippen molar-refractivity contribution in [3.05, 3.63) is 0 Å². The fourth-order valence-electron chi connectivity index (χ4n) is 3.14. The second kappa shape index (κ2) is 16.2. The normalized spacial score (nSPS) is 15.5. The van der Waals surface area contributed by atoms with Gasteiger partial charge in [0.1, 0.15) is 6.10 Å². The third-order valence-electron chi connectivity index (χ3n) is 7.16. The third-order valence-corrected chi connectivity index (χ3v) is 7.16. The van der Waals surface area contributed by atoms with Crippen LogP contribution in [0.5, 0.6) is 0 Å². The molecule has 0 bridgehead atoms. The second-order valence-electron chi connectivity index (χ2n) is 12.7. The molecule has 0 aliphatic rings. The zero-order chi connectivity index (χ0) is 34.6. The van der Waals surface area contributed by atoms with Crippen LogP contribution in [0.1, 0.15) is 117 Å². The lowest BCUT2D eigenvalue weighted by Gasteiger charge is -2.44. The van der Waals surface area contributed by atoms with Gasteiger partial charge in [0.15, 0.2) is 11.2 Å². The highest BCUT2D eigenvalue weighted by Gasteiger charge is 2.78. The van der Waals surface area contributed by atoms with Crippen LogP contribution in [-0.2, 0) is 19.1 Å². The molecule has 0 saturated heterocycles. The summed E-state index contributed by atoms with van der Waals surface area (Å²) in [7, 11) is 0. The zero-order valence-electron chi connectivity index (χ0n) is 25.9. The number of halogens is 9. The molecule has 0 aliphatic heterocycles. The topological polar surface area (TPSA) is 93.1 Å². The van der Waals surface area contributed by atoms with Gasteiger partial charge in [-0.2, -0.15) is 39.5 Å². The lowest BCUT2D eigenvalue weighted by atomic mass is 9.83. The van der Waals surface area contributed by atoms with Crippen LogP contribution in [-0.4, -0.2) is 63.6 Å². The number of ether oxygens (including phenoxy) is 2. The zero-order valence-corrected chi connectivity index (χ0v) is 25.9. The number of aliphatic hydroxyl groups is 2. The van der Waals surface area contributed by atoms with E-state index in [1.54, 1.807) is 13.8 Å². The number of rotatable bonds is 11. The predicted octanol–water partition coefficient (Wildman–Crippen LogP) is 8.96. The number of carbonyl (C=O) groups excluding carboxylic acids is 2. The molecule has 0 radical (unpaired) electrons. The summed E-state index contributed by atoms with van der Waals surface area (Å²) < 4.78 is 125. The molecule has 0 rings (SSSR count). The Morgan fingerprint density at radius 2 is 1.00 bits per heavy atom. The van der Waals surface area contributed by atoms with Gasteiger partial charge in [-0.05, 0) is 73.6 Å². The molecule has 44 heavy (non-hydrogen) atoms. The van der Waals surface area contributed by atoms with E-state index in [1.807, 2.05) is 20.8 Å². The first kappa shape index (κ1) is 49.1. The van der Waals surface area contributed by atoms with Crippen molar-refractivity contribution < 1.29 is 68.8 Å². The Bertz CT molecular complexity index is 873. The van der Waals surface area contributed by atoms with Gasteiger partial charge in [-0.1, -0.05) is 42.5 Å². The number of alkyl halides is 9. The Hall–Kier alpha value is -1.77. The molecule has 2 N–H and O–H groups in total. The maximum atomic E-state index is 12.8. The molecule has 0 aromatic rings. The Morgan fingerprint density at radius 3 is 1.27 bits per heavy atom. The standard InChI is InChI=1S/C15H27F3O3.C12H18F6O3.2CH4/c1-7-13(4,5)12(19)21-11(8-10(2)3)9-14(6,20)15(16,17)18;1-6-8(2,3)7(19)21-9(4,5)10(20,11(13,14)15)12(16,17)18;;/h10-11,20H,7-9H2,1-6H3;20H,6H2,1-5H3;2*1H4. The van der Waals surface area contributed by atoms with Crippen LogP contribution in [0.4, 0.5) is 39.5 Å². The first-order valence-electron chi connectivity index (χ1n) is 13.3. The molecule has 2 unspecified atom stereocenters. The van der Waals surface area contributed by atoms with Crippen LogP contribution in [0.3, 0.4) is 0 Å². The fourth-order valence-corrected chi connectivity index (χ4v) is 3.14. The molecular weight excluding hydrogens is 615 g/mol. The first-order chi connectivity index (χ1) is 18.2. The van der Waals surface area contributed by atoms with Gasteiger partial charge < -0.3 is 19.7 Å². The molecule has 6 nitrogen and oxygen atoms in total. The van der Waals surface area contributed by atoms with Crippen LogP contribution in [0.15, 0.2) is 0 Å². The van der Waals surface area contributed by atoms with E-state index < -0.39 is 70.6 Å². The minimum Gasteiger partial charge on any atom is -0.462 e. The second-order valence-corrected chi connectivity index (χ2v) is 12.7. The molecule has 268 valence electrons. The summed E-state index contributed by atoms with van der Waals surface area (Å²) in [5, 5.41) is 18.9. The molecule has 15 heteroatoms. The molecular formula is C29H53F9O6. The van der Waals surface area contributed by atoms with E-state index in [0.717, 1.165) is 0 Å².